The van der Waals surface area contributed by atoms with Gasteiger partial charge in [-0.25, -0.2) is 9.29 Å². The fourth-order valence-electron chi connectivity index (χ4n) is 5.11. The lowest BCUT2D eigenvalue weighted by molar-refractivity contribution is -0.122. The molecule has 3 aromatic carbocycles. The van der Waals surface area contributed by atoms with Gasteiger partial charge in [0, 0.05) is 22.0 Å². The molecule has 3 amide bonds. The molecule has 40 heavy (non-hydrogen) atoms. The smallest absolute Gasteiger partial charge is 0.305 e. The van der Waals surface area contributed by atoms with E-state index in [1.54, 1.807) is 30.3 Å². The second kappa shape index (κ2) is 10.4. The van der Waals surface area contributed by atoms with Crippen LogP contribution in [0.4, 0.5) is 15.8 Å². The number of aromatic amines is 1. The fourth-order valence-corrected chi connectivity index (χ4v) is 7.61. The Morgan fingerprint density at radius 2 is 1.73 bits per heavy atom. The molecule has 4 aromatic rings. The number of hydrogen-bond acceptors (Lipinski definition) is 7. The molecular formula is C29H22FN3O5S2. The first kappa shape index (κ1) is 26.0. The van der Waals surface area contributed by atoms with Gasteiger partial charge in [-0.15, -0.1) is 0 Å². The lowest BCUT2D eigenvalue weighted by Gasteiger charge is -2.30. The number of carbonyl (C=O) groups excluding carboxylic acids is 3. The Balaban J connectivity index is 1.34. The number of benzene rings is 3. The molecule has 1 aromatic heterocycles. The van der Waals surface area contributed by atoms with Gasteiger partial charge in [0.1, 0.15) is 16.8 Å². The molecule has 3 unspecified atom stereocenters. The summed E-state index contributed by atoms with van der Waals surface area (Å²) in [4.78, 5) is 56.7. The summed E-state index contributed by atoms with van der Waals surface area (Å²) < 4.78 is 19.5. The highest BCUT2D eigenvalue weighted by molar-refractivity contribution is 8.00. The summed E-state index contributed by atoms with van der Waals surface area (Å²) in [7, 11) is 0. The van der Waals surface area contributed by atoms with Crippen LogP contribution in [-0.4, -0.2) is 34.6 Å². The highest BCUT2D eigenvalue weighted by Gasteiger charge is 2.56. The minimum Gasteiger partial charge on any atom is -0.483 e. The predicted octanol–water partition coefficient (Wildman–Crippen LogP) is 4.70. The first-order valence-electron chi connectivity index (χ1n) is 12.4. The van der Waals surface area contributed by atoms with Gasteiger partial charge in [0.25, 0.3) is 5.91 Å². The van der Waals surface area contributed by atoms with Crippen LogP contribution in [0.15, 0.2) is 82.6 Å². The molecule has 3 heterocycles. The Morgan fingerprint density at radius 3 is 2.50 bits per heavy atom. The SMILES string of the molecule is Cc1ccccc1NC(=O)COc1ccccc1C1c2sc(=O)[nH]c2SC2C(=O)N(c3ccc(F)cc3)C(=O)C21. The molecule has 0 bridgehead atoms. The van der Waals surface area contributed by atoms with Crippen molar-refractivity contribution in [3.63, 3.8) is 0 Å². The molecule has 8 nitrogen and oxygen atoms in total. The third-order valence-electron chi connectivity index (χ3n) is 6.94. The number of thioether (sulfide) groups is 1. The molecule has 3 atom stereocenters. The maximum atomic E-state index is 13.9. The Kier molecular flexibility index (Phi) is 6.77. The van der Waals surface area contributed by atoms with Crippen molar-refractivity contribution in [2.45, 2.75) is 23.1 Å². The zero-order chi connectivity index (χ0) is 28.0. The van der Waals surface area contributed by atoms with Gasteiger partial charge in [0.2, 0.25) is 11.8 Å². The lowest BCUT2D eigenvalue weighted by atomic mass is 9.82. The maximum absolute atomic E-state index is 13.9. The van der Waals surface area contributed by atoms with Crippen LogP contribution in [0.3, 0.4) is 0 Å². The number of halogens is 1. The van der Waals surface area contributed by atoms with E-state index < -0.39 is 34.7 Å². The molecule has 0 radical (unpaired) electrons. The van der Waals surface area contributed by atoms with Gasteiger partial charge in [-0.3, -0.25) is 19.2 Å². The number of carbonyl (C=O) groups is 3. The van der Waals surface area contributed by atoms with Gasteiger partial charge in [-0.05, 0) is 48.9 Å². The van der Waals surface area contributed by atoms with Crippen LogP contribution < -0.4 is 19.8 Å². The van der Waals surface area contributed by atoms with E-state index in [4.69, 9.17) is 4.74 Å². The number of rotatable bonds is 6. The number of amides is 3. The minimum atomic E-state index is -0.841. The number of anilines is 2. The number of thiazole rings is 1. The van der Waals surface area contributed by atoms with E-state index in [1.807, 2.05) is 25.1 Å². The second-order valence-electron chi connectivity index (χ2n) is 9.43. The number of H-pyrrole nitrogens is 1. The van der Waals surface area contributed by atoms with Gasteiger partial charge >= 0.3 is 4.87 Å². The molecule has 2 N–H and O–H groups in total. The van der Waals surface area contributed by atoms with Gasteiger partial charge in [0.05, 0.1) is 16.6 Å². The monoisotopic (exact) mass is 575 g/mol. The van der Waals surface area contributed by atoms with Crippen LogP contribution >= 0.6 is 23.1 Å². The average molecular weight is 576 g/mol. The zero-order valence-corrected chi connectivity index (χ0v) is 22.7. The van der Waals surface area contributed by atoms with Crippen molar-refractivity contribution in [2.75, 3.05) is 16.8 Å². The van der Waals surface area contributed by atoms with Gasteiger partial charge < -0.3 is 15.0 Å². The largest absolute Gasteiger partial charge is 0.483 e. The lowest BCUT2D eigenvalue weighted by Crippen LogP contribution is -2.32. The predicted molar refractivity (Wildman–Crippen MR) is 151 cm³/mol. The summed E-state index contributed by atoms with van der Waals surface area (Å²) in [6, 6.07) is 19.6. The van der Waals surface area contributed by atoms with Crippen molar-refractivity contribution in [1.82, 2.24) is 4.98 Å². The van der Waals surface area contributed by atoms with E-state index in [-0.39, 0.29) is 23.1 Å². The molecule has 0 saturated carbocycles. The Bertz CT molecular complexity index is 1700. The van der Waals surface area contributed by atoms with Crippen LogP contribution in [0.2, 0.25) is 0 Å². The Morgan fingerprint density at radius 1 is 1.00 bits per heavy atom. The summed E-state index contributed by atoms with van der Waals surface area (Å²) in [6.07, 6.45) is 0. The second-order valence-corrected chi connectivity index (χ2v) is 11.6. The van der Waals surface area contributed by atoms with Crippen molar-refractivity contribution in [1.29, 1.82) is 0 Å². The fraction of sp³-hybridized carbons (Fsp3) is 0.172. The Labute approximate surface area is 236 Å². The van der Waals surface area contributed by atoms with Crippen LogP contribution in [0, 0.1) is 18.7 Å². The van der Waals surface area contributed by atoms with E-state index in [2.05, 4.69) is 10.3 Å². The number of ether oxygens (including phenoxy) is 1. The van der Waals surface area contributed by atoms with E-state index >= 15 is 0 Å². The first-order chi connectivity index (χ1) is 19.3. The summed E-state index contributed by atoms with van der Waals surface area (Å²) >= 11 is 2.13. The highest BCUT2D eigenvalue weighted by atomic mass is 32.2. The van der Waals surface area contributed by atoms with Crippen molar-refractivity contribution < 1.29 is 23.5 Å². The van der Waals surface area contributed by atoms with Gasteiger partial charge in [-0.2, -0.15) is 0 Å². The third-order valence-corrected chi connectivity index (χ3v) is 9.34. The molecule has 0 aliphatic carbocycles. The summed E-state index contributed by atoms with van der Waals surface area (Å²) in [6.45, 7) is 1.60. The van der Waals surface area contributed by atoms with E-state index in [0.717, 1.165) is 33.6 Å². The summed E-state index contributed by atoms with van der Waals surface area (Å²) in [5.41, 5.74) is 2.45. The number of hydrogen-bond donors (Lipinski definition) is 2. The number of nitrogens with zero attached hydrogens (tertiary/aromatic N) is 1. The van der Waals surface area contributed by atoms with Crippen LogP contribution in [0.1, 0.15) is 21.9 Å². The van der Waals surface area contributed by atoms with Gasteiger partial charge in [0.15, 0.2) is 6.61 Å². The molecule has 2 aliphatic heterocycles. The van der Waals surface area contributed by atoms with Crippen molar-refractivity contribution in [2.24, 2.45) is 5.92 Å². The molecule has 0 spiro atoms. The van der Waals surface area contributed by atoms with E-state index in [0.29, 0.717) is 26.9 Å². The third kappa shape index (κ3) is 4.61. The zero-order valence-electron chi connectivity index (χ0n) is 21.1. The number of imide groups is 1. The van der Waals surface area contributed by atoms with Crippen molar-refractivity contribution in [3.05, 3.63) is 104 Å². The topological polar surface area (TPSA) is 109 Å². The maximum Gasteiger partial charge on any atom is 0.305 e. The molecule has 2 aliphatic rings. The standard InChI is InChI=1S/C29H22FN3O5S2/c1-15-6-2-4-8-19(15)31-21(34)14-38-20-9-5-3-7-18(20)22-23-25(39-26-24(22)40-29(37)32-26)28(36)33(27(23)35)17-12-10-16(30)11-13-17/h2-13,22-23,25H,14H2,1H3,(H,31,34)(H,32,37). The quantitative estimate of drug-likeness (QED) is 0.323. The molecule has 202 valence electrons. The first-order valence-corrected chi connectivity index (χ1v) is 14.1. The summed E-state index contributed by atoms with van der Waals surface area (Å²) in [5, 5.41) is 2.55. The van der Waals surface area contributed by atoms with Crippen LogP contribution in [0.5, 0.6) is 5.75 Å². The molecule has 1 saturated heterocycles. The van der Waals surface area contributed by atoms with Gasteiger partial charge in [-0.1, -0.05) is 59.5 Å². The van der Waals surface area contributed by atoms with Crippen molar-refractivity contribution in [3.8, 4) is 5.75 Å². The van der Waals surface area contributed by atoms with Crippen molar-refractivity contribution >= 4 is 52.2 Å². The number of aromatic nitrogens is 1. The number of fused-ring (bicyclic) bond motifs is 2. The normalized spacial score (nSPS) is 19.8. The van der Waals surface area contributed by atoms with Crippen LogP contribution in [-0.2, 0) is 14.4 Å². The summed E-state index contributed by atoms with van der Waals surface area (Å²) in [5.74, 6) is -2.88. The average Bonchev–Trinajstić information content (AvgIpc) is 3.44. The molecular weight excluding hydrogens is 553 g/mol. The molecule has 6 rings (SSSR count). The Hall–Kier alpha value is -4.22. The van der Waals surface area contributed by atoms with Crippen LogP contribution in [0.25, 0.3) is 0 Å². The number of nitrogens with one attached hydrogen (secondary N) is 2. The molecule has 1 fully saturated rings. The minimum absolute atomic E-state index is 0.277. The number of para-hydroxylation sites is 2. The van der Waals surface area contributed by atoms with E-state index in [1.165, 1.54) is 24.3 Å². The number of aryl methyl sites for hydroxylation is 1. The molecule has 11 heteroatoms. The highest BCUT2D eigenvalue weighted by Crippen LogP contribution is 2.54. The van der Waals surface area contributed by atoms with E-state index in [9.17, 15) is 23.6 Å².